The lowest BCUT2D eigenvalue weighted by Gasteiger charge is -2.12. The van der Waals surface area contributed by atoms with Crippen LogP contribution in [0.4, 0.5) is 0 Å². The molecule has 0 amide bonds. The highest BCUT2D eigenvalue weighted by Crippen LogP contribution is 2.37. The minimum Gasteiger partial charge on any atom is -0.504 e. The average Bonchev–Trinajstić information content (AvgIpc) is 2.52. The van der Waals surface area contributed by atoms with Gasteiger partial charge in [0.15, 0.2) is 11.5 Å². The highest BCUT2D eigenvalue weighted by atomic mass is 16.5. The van der Waals surface area contributed by atoms with Crippen molar-refractivity contribution >= 4 is 10.8 Å². The first kappa shape index (κ1) is 13.3. The molecule has 0 aromatic heterocycles. The van der Waals surface area contributed by atoms with Crippen molar-refractivity contribution in [2.24, 2.45) is 0 Å². The molecule has 0 saturated heterocycles. The van der Waals surface area contributed by atoms with Crippen molar-refractivity contribution in [3.63, 3.8) is 0 Å². The van der Waals surface area contributed by atoms with Gasteiger partial charge in [-0.2, -0.15) is 0 Å². The van der Waals surface area contributed by atoms with Gasteiger partial charge >= 0.3 is 0 Å². The number of hydrogen-bond acceptors (Lipinski definition) is 3. The third kappa shape index (κ3) is 2.50. The minimum absolute atomic E-state index is 0.123. The van der Waals surface area contributed by atoms with Crippen molar-refractivity contribution in [2.45, 2.75) is 6.42 Å². The Balaban J connectivity index is 2.04. The predicted octanol–water partition coefficient (Wildman–Crippen LogP) is 3.85. The lowest BCUT2D eigenvalue weighted by Crippen LogP contribution is -1.95. The molecule has 21 heavy (non-hydrogen) atoms. The SMILES string of the molecule is COc1ccc(O)c(O)c1Cc1ccc2ccccc2c1. The number of phenolic OH excluding ortho intramolecular Hbond substituents is 2. The van der Waals surface area contributed by atoms with Crippen LogP contribution in [0, 0.1) is 0 Å². The van der Waals surface area contributed by atoms with E-state index in [4.69, 9.17) is 4.74 Å². The molecule has 0 unspecified atom stereocenters. The first-order valence-electron chi connectivity index (χ1n) is 6.74. The lowest BCUT2D eigenvalue weighted by atomic mass is 9.99. The van der Waals surface area contributed by atoms with Gasteiger partial charge in [-0.25, -0.2) is 0 Å². The number of methoxy groups -OCH3 is 1. The molecule has 3 aromatic rings. The maximum Gasteiger partial charge on any atom is 0.164 e. The van der Waals surface area contributed by atoms with Crippen LogP contribution < -0.4 is 4.74 Å². The Morgan fingerprint density at radius 1 is 0.905 bits per heavy atom. The summed E-state index contributed by atoms with van der Waals surface area (Å²) < 4.78 is 5.27. The van der Waals surface area contributed by atoms with Gasteiger partial charge in [-0.05, 0) is 28.5 Å². The molecule has 3 heteroatoms. The second-order valence-electron chi connectivity index (χ2n) is 4.97. The molecule has 0 radical (unpaired) electrons. The van der Waals surface area contributed by atoms with Crippen LogP contribution in [0.15, 0.2) is 54.6 Å². The van der Waals surface area contributed by atoms with Crippen LogP contribution in [0.5, 0.6) is 17.2 Å². The van der Waals surface area contributed by atoms with Crippen molar-refractivity contribution in [1.82, 2.24) is 0 Å². The van der Waals surface area contributed by atoms with Crippen LogP contribution in [0.2, 0.25) is 0 Å². The molecule has 0 aliphatic rings. The van der Waals surface area contributed by atoms with Crippen molar-refractivity contribution in [1.29, 1.82) is 0 Å². The average molecular weight is 280 g/mol. The second kappa shape index (κ2) is 5.37. The van der Waals surface area contributed by atoms with Gasteiger partial charge in [-0.15, -0.1) is 0 Å². The molecule has 3 aromatic carbocycles. The second-order valence-corrected chi connectivity index (χ2v) is 4.97. The molecular formula is C18H16O3. The van der Waals surface area contributed by atoms with E-state index in [1.165, 1.54) is 11.5 Å². The summed E-state index contributed by atoms with van der Waals surface area (Å²) in [5.74, 6) is 0.313. The van der Waals surface area contributed by atoms with E-state index in [1.54, 1.807) is 13.2 Å². The zero-order chi connectivity index (χ0) is 14.8. The van der Waals surface area contributed by atoms with E-state index in [2.05, 4.69) is 24.3 Å². The molecule has 2 N–H and O–H groups in total. The van der Waals surface area contributed by atoms with E-state index in [1.807, 2.05) is 18.2 Å². The predicted molar refractivity (Wildman–Crippen MR) is 83.1 cm³/mol. The zero-order valence-corrected chi connectivity index (χ0v) is 11.7. The van der Waals surface area contributed by atoms with Gasteiger partial charge in [0.25, 0.3) is 0 Å². The number of benzene rings is 3. The first-order chi connectivity index (χ1) is 10.2. The summed E-state index contributed by atoms with van der Waals surface area (Å²) in [6, 6.07) is 17.4. The largest absolute Gasteiger partial charge is 0.504 e. The number of rotatable bonds is 3. The van der Waals surface area contributed by atoms with Gasteiger partial charge in [0.2, 0.25) is 0 Å². The molecule has 106 valence electrons. The standard InChI is InChI=1S/C18H16O3/c1-21-17-9-8-16(19)18(20)15(17)11-12-6-7-13-4-2-3-5-14(13)10-12/h2-10,19-20H,11H2,1H3. The van der Waals surface area contributed by atoms with Crippen LogP contribution in [0.25, 0.3) is 10.8 Å². The molecule has 0 saturated carbocycles. The molecule has 0 heterocycles. The molecular weight excluding hydrogens is 264 g/mol. The Kier molecular flexibility index (Phi) is 3.40. The number of fused-ring (bicyclic) bond motifs is 1. The van der Waals surface area contributed by atoms with E-state index < -0.39 is 0 Å². The normalized spacial score (nSPS) is 10.7. The summed E-state index contributed by atoms with van der Waals surface area (Å²) in [5.41, 5.74) is 1.64. The van der Waals surface area contributed by atoms with Crippen LogP contribution in [-0.2, 0) is 6.42 Å². The van der Waals surface area contributed by atoms with E-state index in [-0.39, 0.29) is 11.5 Å². The van der Waals surface area contributed by atoms with Gasteiger partial charge in [0, 0.05) is 12.0 Å². The third-order valence-electron chi connectivity index (χ3n) is 3.63. The first-order valence-corrected chi connectivity index (χ1v) is 6.74. The van der Waals surface area contributed by atoms with Crippen LogP contribution in [0.1, 0.15) is 11.1 Å². The fraction of sp³-hybridized carbons (Fsp3) is 0.111. The van der Waals surface area contributed by atoms with Gasteiger partial charge in [0.05, 0.1) is 7.11 Å². The van der Waals surface area contributed by atoms with Crippen molar-refractivity contribution in [3.8, 4) is 17.2 Å². The summed E-state index contributed by atoms with van der Waals surface area (Å²) in [5, 5.41) is 22.0. The monoisotopic (exact) mass is 280 g/mol. The molecule has 3 rings (SSSR count). The van der Waals surface area contributed by atoms with E-state index in [0.717, 1.165) is 10.9 Å². The molecule has 0 atom stereocenters. The van der Waals surface area contributed by atoms with Crippen LogP contribution in [-0.4, -0.2) is 17.3 Å². The number of ether oxygens (including phenoxy) is 1. The highest BCUT2D eigenvalue weighted by Gasteiger charge is 2.13. The Bertz CT molecular complexity index is 794. The fourth-order valence-corrected chi connectivity index (χ4v) is 2.52. The molecule has 0 spiro atoms. The number of hydrogen-bond donors (Lipinski definition) is 2. The number of phenols is 2. The van der Waals surface area contributed by atoms with Gasteiger partial charge in [0.1, 0.15) is 5.75 Å². The topological polar surface area (TPSA) is 49.7 Å². The lowest BCUT2D eigenvalue weighted by molar-refractivity contribution is 0.379. The van der Waals surface area contributed by atoms with E-state index in [9.17, 15) is 10.2 Å². The number of aromatic hydroxyl groups is 2. The Hall–Kier alpha value is -2.68. The maximum absolute atomic E-state index is 10.1. The van der Waals surface area contributed by atoms with Gasteiger partial charge in [-0.1, -0.05) is 42.5 Å². The molecule has 0 fully saturated rings. The molecule has 0 aliphatic heterocycles. The smallest absolute Gasteiger partial charge is 0.164 e. The Labute approximate surface area is 123 Å². The summed E-state index contributed by atoms with van der Waals surface area (Å²) in [6.07, 6.45) is 0.494. The highest BCUT2D eigenvalue weighted by molar-refractivity contribution is 5.83. The van der Waals surface area contributed by atoms with Gasteiger partial charge < -0.3 is 14.9 Å². The summed E-state index contributed by atoms with van der Waals surface area (Å²) in [6.45, 7) is 0. The van der Waals surface area contributed by atoms with Crippen LogP contribution in [0.3, 0.4) is 0 Å². The van der Waals surface area contributed by atoms with E-state index in [0.29, 0.717) is 17.7 Å². The summed E-state index contributed by atoms with van der Waals surface area (Å²) in [4.78, 5) is 0. The fourth-order valence-electron chi connectivity index (χ4n) is 2.52. The Morgan fingerprint density at radius 2 is 1.67 bits per heavy atom. The maximum atomic E-state index is 10.1. The zero-order valence-electron chi connectivity index (χ0n) is 11.7. The molecule has 0 bridgehead atoms. The third-order valence-corrected chi connectivity index (χ3v) is 3.63. The van der Waals surface area contributed by atoms with Crippen molar-refractivity contribution in [2.75, 3.05) is 7.11 Å². The van der Waals surface area contributed by atoms with E-state index >= 15 is 0 Å². The molecule has 0 aliphatic carbocycles. The van der Waals surface area contributed by atoms with Crippen molar-refractivity contribution in [3.05, 3.63) is 65.7 Å². The van der Waals surface area contributed by atoms with Crippen molar-refractivity contribution < 1.29 is 14.9 Å². The minimum atomic E-state index is -0.133. The quantitative estimate of drug-likeness (QED) is 0.716. The Morgan fingerprint density at radius 3 is 2.43 bits per heavy atom. The van der Waals surface area contributed by atoms with Gasteiger partial charge in [-0.3, -0.25) is 0 Å². The summed E-state index contributed by atoms with van der Waals surface area (Å²) >= 11 is 0. The van der Waals surface area contributed by atoms with Crippen LogP contribution >= 0.6 is 0 Å². The summed E-state index contributed by atoms with van der Waals surface area (Å²) in [7, 11) is 1.55. The molecule has 3 nitrogen and oxygen atoms in total.